The van der Waals surface area contributed by atoms with Gasteiger partial charge in [0.05, 0.1) is 0 Å². The molecule has 1 saturated heterocycles. The Balaban J connectivity index is 2.11. The van der Waals surface area contributed by atoms with Crippen LogP contribution in [0.1, 0.15) is 20.3 Å². The Morgan fingerprint density at radius 3 is 2.65 bits per heavy atom. The standard InChI is InChI=1S/C13H29N3O/c1-13(2,11-15-5-4-10-17-3)12-16-8-6-14-7-9-16/h14-15H,4-12H2,1-3H3. The van der Waals surface area contributed by atoms with E-state index in [2.05, 4.69) is 29.4 Å². The number of hydrogen-bond donors (Lipinski definition) is 2. The summed E-state index contributed by atoms with van der Waals surface area (Å²) in [4.78, 5) is 2.56. The molecule has 4 heteroatoms. The van der Waals surface area contributed by atoms with E-state index >= 15 is 0 Å². The van der Waals surface area contributed by atoms with Crippen LogP contribution in [0.15, 0.2) is 0 Å². The van der Waals surface area contributed by atoms with Gasteiger partial charge in [-0.05, 0) is 18.4 Å². The van der Waals surface area contributed by atoms with Crippen LogP contribution in [0.25, 0.3) is 0 Å². The molecule has 17 heavy (non-hydrogen) atoms. The lowest BCUT2D eigenvalue weighted by atomic mass is 9.92. The van der Waals surface area contributed by atoms with Gasteiger partial charge in [0.2, 0.25) is 0 Å². The third-order valence-corrected chi connectivity index (χ3v) is 3.17. The highest BCUT2D eigenvalue weighted by molar-refractivity contribution is 4.78. The van der Waals surface area contributed by atoms with Crippen LogP contribution in [0.4, 0.5) is 0 Å². The summed E-state index contributed by atoms with van der Waals surface area (Å²) in [5, 5.41) is 6.92. The van der Waals surface area contributed by atoms with Crippen molar-refractivity contribution >= 4 is 0 Å². The van der Waals surface area contributed by atoms with Gasteiger partial charge in [0.1, 0.15) is 0 Å². The van der Waals surface area contributed by atoms with Crippen molar-refractivity contribution in [2.45, 2.75) is 20.3 Å². The number of nitrogens with zero attached hydrogens (tertiary/aromatic N) is 1. The first-order valence-corrected chi connectivity index (χ1v) is 6.77. The quantitative estimate of drug-likeness (QED) is 0.610. The van der Waals surface area contributed by atoms with E-state index in [-0.39, 0.29) is 0 Å². The SMILES string of the molecule is COCCCNCC(C)(C)CN1CCNCC1. The number of nitrogens with one attached hydrogen (secondary N) is 2. The number of rotatable bonds is 8. The summed E-state index contributed by atoms with van der Waals surface area (Å²) < 4.78 is 5.04. The molecule has 0 amide bonds. The van der Waals surface area contributed by atoms with Gasteiger partial charge in [-0.25, -0.2) is 0 Å². The topological polar surface area (TPSA) is 36.5 Å². The summed E-state index contributed by atoms with van der Waals surface area (Å²) in [6.07, 6.45) is 1.10. The molecule has 102 valence electrons. The van der Waals surface area contributed by atoms with Crippen molar-refractivity contribution in [3.05, 3.63) is 0 Å². The van der Waals surface area contributed by atoms with E-state index in [9.17, 15) is 0 Å². The van der Waals surface area contributed by atoms with Crippen LogP contribution in [0, 0.1) is 5.41 Å². The Labute approximate surface area is 106 Å². The van der Waals surface area contributed by atoms with Crippen molar-refractivity contribution in [2.75, 3.05) is 59.5 Å². The Morgan fingerprint density at radius 2 is 2.00 bits per heavy atom. The van der Waals surface area contributed by atoms with Crippen molar-refractivity contribution in [2.24, 2.45) is 5.41 Å². The lowest BCUT2D eigenvalue weighted by Gasteiger charge is -2.35. The fourth-order valence-electron chi connectivity index (χ4n) is 2.30. The molecule has 0 aromatic heterocycles. The van der Waals surface area contributed by atoms with Crippen LogP contribution in [0.2, 0.25) is 0 Å². The summed E-state index contributed by atoms with van der Waals surface area (Å²) in [6.45, 7) is 13.5. The third kappa shape index (κ3) is 6.99. The maximum absolute atomic E-state index is 5.04. The van der Waals surface area contributed by atoms with Gasteiger partial charge in [-0.3, -0.25) is 0 Å². The summed E-state index contributed by atoms with van der Waals surface area (Å²) in [5.74, 6) is 0. The molecule has 0 spiro atoms. The van der Waals surface area contributed by atoms with Crippen molar-refractivity contribution in [1.82, 2.24) is 15.5 Å². The Bertz CT molecular complexity index is 191. The minimum Gasteiger partial charge on any atom is -0.385 e. The van der Waals surface area contributed by atoms with Crippen molar-refractivity contribution in [3.63, 3.8) is 0 Å². The van der Waals surface area contributed by atoms with Gasteiger partial charge < -0.3 is 20.3 Å². The van der Waals surface area contributed by atoms with Gasteiger partial charge >= 0.3 is 0 Å². The molecule has 1 heterocycles. The van der Waals surface area contributed by atoms with Gasteiger partial charge in [-0.15, -0.1) is 0 Å². The van der Waals surface area contributed by atoms with E-state index in [1.54, 1.807) is 7.11 Å². The minimum atomic E-state index is 0.352. The molecule has 0 radical (unpaired) electrons. The molecule has 1 fully saturated rings. The van der Waals surface area contributed by atoms with E-state index < -0.39 is 0 Å². The summed E-state index contributed by atoms with van der Waals surface area (Å²) >= 11 is 0. The van der Waals surface area contributed by atoms with Gasteiger partial charge in [-0.2, -0.15) is 0 Å². The predicted octanol–water partition coefficient (Wildman–Crippen LogP) is 0.544. The van der Waals surface area contributed by atoms with Crippen LogP contribution in [-0.2, 0) is 4.74 Å². The smallest absolute Gasteiger partial charge is 0.0474 e. The molecule has 1 aliphatic rings. The average Bonchev–Trinajstić information content (AvgIpc) is 2.29. The van der Waals surface area contributed by atoms with E-state index in [4.69, 9.17) is 4.74 Å². The molecular formula is C13H29N3O. The Kier molecular flexibility index (Phi) is 7.04. The van der Waals surface area contributed by atoms with E-state index in [1.165, 1.54) is 19.6 Å². The van der Waals surface area contributed by atoms with Crippen LogP contribution < -0.4 is 10.6 Å². The zero-order valence-corrected chi connectivity index (χ0v) is 11.7. The Hall–Kier alpha value is -0.160. The zero-order chi connectivity index (χ0) is 12.6. The Morgan fingerprint density at radius 1 is 1.29 bits per heavy atom. The summed E-state index contributed by atoms with van der Waals surface area (Å²) in [6, 6.07) is 0. The first kappa shape index (κ1) is 14.9. The molecule has 1 rings (SSSR count). The molecular weight excluding hydrogens is 214 g/mol. The summed E-state index contributed by atoms with van der Waals surface area (Å²) in [7, 11) is 1.76. The molecule has 0 saturated carbocycles. The van der Waals surface area contributed by atoms with Crippen molar-refractivity contribution in [1.29, 1.82) is 0 Å². The average molecular weight is 243 g/mol. The highest BCUT2D eigenvalue weighted by Crippen LogP contribution is 2.16. The minimum absolute atomic E-state index is 0.352. The maximum Gasteiger partial charge on any atom is 0.0474 e. The fourth-order valence-corrected chi connectivity index (χ4v) is 2.30. The number of ether oxygens (including phenoxy) is 1. The lowest BCUT2D eigenvalue weighted by Crippen LogP contribution is -2.48. The van der Waals surface area contributed by atoms with Crippen LogP contribution in [0.3, 0.4) is 0 Å². The first-order valence-electron chi connectivity index (χ1n) is 6.77. The molecule has 0 aliphatic carbocycles. The molecule has 4 nitrogen and oxygen atoms in total. The van der Waals surface area contributed by atoms with Crippen molar-refractivity contribution in [3.8, 4) is 0 Å². The predicted molar refractivity (Wildman–Crippen MR) is 72.5 cm³/mol. The second kappa shape index (κ2) is 8.03. The molecule has 0 bridgehead atoms. The second-order valence-electron chi connectivity index (χ2n) is 5.71. The maximum atomic E-state index is 5.04. The van der Waals surface area contributed by atoms with E-state index in [1.807, 2.05) is 0 Å². The van der Waals surface area contributed by atoms with E-state index in [0.717, 1.165) is 39.2 Å². The molecule has 0 unspecified atom stereocenters. The third-order valence-electron chi connectivity index (χ3n) is 3.17. The highest BCUT2D eigenvalue weighted by Gasteiger charge is 2.22. The van der Waals surface area contributed by atoms with Crippen LogP contribution in [0.5, 0.6) is 0 Å². The van der Waals surface area contributed by atoms with Gasteiger partial charge in [-0.1, -0.05) is 13.8 Å². The van der Waals surface area contributed by atoms with Gasteiger partial charge in [0.15, 0.2) is 0 Å². The summed E-state index contributed by atoms with van der Waals surface area (Å²) in [5.41, 5.74) is 0.352. The monoisotopic (exact) mass is 243 g/mol. The number of piperazine rings is 1. The number of methoxy groups -OCH3 is 1. The van der Waals surface area contributed by atoms with Crippen LogP contribution >= 0.6 is 0 Å². The molecule has 2 N–H and O–H groups in total. The second-order valence-corrected chi connectivity index (χ2v) is 5.71. The number of hydrogen-bond acceptors (Lipinski definition) is 4. The highest BCUT2D eigenvalue weighted by atomic mass is 16.5. The lowest BCUT2D eigenvalue weighted by molar-refractivity contribution is 0.155. The normalized spacial score (nSPS) is 18.5. The first-order chi connectivity index (χ1) is 8.14. The molecule has 0 aromatic rings. The largest absolute Gasteiger partial charge is 0.385 e. The van der Waals surface area contributed by atoms with Gasteiger partial charge in [0, 0.05) is 53.0 Å². The molecule has 1 aliphatic heterocycles. The zero-order valence-electron chi connectivity index (χ0n) is 11.7. The molecule has 0 atom stereocenters. The van der Waals surface area contributed by atoms with Gasteiger partial charge in [0.25, 0.3) is 0 Å². The van der Waals surface area contributed by atoms with Crippen molar-refractivity contribution < 1.29 is 4.74 Å². The molecule has 0 aromatic carbocycles. The fraction of sp³-hybridized carbons (Fsp3) is 1.00. The van der Waals surface area contributed by atoms with Crippen LogP contribution in [-0.4, -0.2) is 64.4 Å². The van der Waals surface area contributed by atoms with E-state index in [0.29, 0.717) is 5.41 Å².